The van der Waals surface area contributed by atoms with Gasteiger partial charge in [-0.25, -0.2) is 13.4 Å². The van der Waals surface area contributed by atoms with Crippen molar-refractivity contribution in [3.8, 4) is 0 Å². The highest BCUT2D eigenvalue weighted by Gasteiger charge is 2.29. The third-order valence-corrected chi connectivity index (χ3v) is 7.43. The Hall–Kier alpha value is -2.39. The average molecular weight is 482 g/mol. The minimum Gasteiger partial charge on any atom is -0.298 e. The molecule has 156 valence electrons. The zero-order valence-electron chi connectivity index (χ0n) is 15.8. The molecule has 30 heavy (non-hydrogen) atoms. The number of aromatic nitrogens is 1. The molecule has 0 fully saturated rings. The normalized spacial score (nSPS) is 11.2. The Morgan fingerprint density at radius 2 is 1.97 bits per heavy atom. The number of benzene rings is 2. The number of amides is 1. The van der Waals surface area contributed by atoms with E-state index in [0.717, 1.165) is 9.18 Å². The van der Waals surface area contributed by atoms with Gasteiger partial charge in [0, 0.05) is 16.6 Å². The van der Waals surface area contributed by atoms with E-state index in [0.29, 0.717) is 5.13 Å². The molecule has 0 unspecified atom stereocenters. The van der Waals surface area contributed by atoms with E-state index in [1.54, 1.807) is 30.5 Å². The third kappa shape index (κ3) is 4.67. The highest BCUT2D eigenvalue weighted by atomic mass is 35.5. The summed E-state index contributed by atoms with van der Waals surface area (Å²) in [6.45, 7) is 5.46. The summed E-state index contributed by atoms with van der Waals surface area (Å²) < 4.78 is 27.9. The van der Waals surface area contributed by atoms with Gasteiger partial charge >= 0.3 is 0 Å². The molecule has 0 aliphatic heterocycles. The van der Waals surface area contributed by atoms with Gasteiger partial charge in [-0.15, -0.1) is 17.9 Å². The van der Waals surface area contributed by atoms with E-state index in [2.05, 4.69) is 16.9 Å². The summed E-state index contributed by atoms with van der Waals surface area (Å²) in [5.74, 6) is -0.495. The number of nitrogens with one attached hydrogen (secondary N) is 1. The first-order valence-corrected chi connectivity index (χ1v) is 11.7. The van der Waals surface area contributed by atoms with Crippen molar-refractivity contribution in [3.05, 3.63) is 81.8 Å². The largest absolute Gasteiger partial charge is 0.298 e. The van der Waals surface area contributed by atoms with Gasteiger partial charge < -0.3 is 0 Å². The Morgan fingerprint density at radius 3 is 2.60 bits per heavy atom. The number of halogens is 2. The Bertz CT molecular complexity index is 1210. The summed E-state index contributed by atoms with van der Waals surface area (Å²) in [4.78, 5) is 17.4. The van der Waals surface area contributed by atoms with E-state index >= 15 is 0 Å². The van der Waals surface area contributed by atoms with Crippen molar-refractivity contribution in [1.82, 2.24) is 4.98 Å². The minimum absolute atomic E-state index is 0.0160. The number of carbonyl (C=O) groups excluding carboxylic acids is 1. The summed E-state index contributed by atoms with van der Waals surface area (Å²) >= 11 is 13.7. The molecule has 0 aliphatic carbocycles. The van der Waals surface area contributed by atoms with Crippen LogP contribution in [0.25, 0.3) is 0 Å². The Morgan fingerprint density at radius 1 is 1.23 bits per heavy atom. The van der Waals surface area contributed by atoms with Crippen LogP contribution in [-0.2, 0) is 10.0 Å². The van der Waals surface area contributed by atoms with Gasteiger partial charge in [-0.1, -0.05) is 41.4 Å². The molecular weight excluding hydrogens is 465 g/mol. The Balaban J connectivity index is 2.02. The van der Waals surface area contributed by atoms with E-state index in [9.17, 15) is 13.2 Å². The first-order chi connectivity index (χ1) is 14.2. The van der Waals surface area contributed by atoms with Crippen molar-refractivity contribution in [2.75, 3.05) is 16.2 Å². The second-order valence-corrected chi connectivity index (χ2v) is 10.0. The van der Waals surface area contributed by atoms with Crippen LogP contribution in [0.2, 0.25) is 10.0 Å². The van der Waals surface area contributed by atoms with Crippen molar-refractivity contribution in [3.63, 3.8) is 0 Å². The minimum atomic E-state index is -4.14. The monoisotopic (exact) mass is 481 g/mol. The lowest BCUT2D eigenvalue weighted by molar-refractivity contribution is 0.102. The number of hydrogen-bond acceptors (Lipinski definition) is 5. The number of hydrogen-bond donors (Lipinski definition) is 1. The highest BCUT2D eigenvalue weighted by molar-refractivity contribution is 7.93. The summed E-state index contributed by atoms with van der Waals surface area (Å²) in [7, 11) is -4.14. The number of rotatable bonds is 7. The molecule has 10 heteroatoms. The summed E-state index contributed by atoms with van der Waals surface area (Å²) in [6, 6.07) is 10.6. The molecule has 0 atom stereocenters. The van der Waals surface area contributed by atoms with Gasteiger partial charge in [-0.2, -0.15) is 0 Å². The summed E-state index contributed by atoms with van der Waals surface area (Å²) in [5.41, 5.74) is 0.409. The van der Waals surface area contributed by atoms with Gasteiger partial charge in [0.15, 0.2) is 5.13 Å². The maximum absolute atomic E-state index is 13.4. The van der Waals surface area contributed by atoms with E-state index < -0.39 is 15.9 Å². The lowest BCUT2D eigenvalue weighted by atomic mass is 10.2. The zero-order valence-corrected chi connectivity index (χ0v) is 18.9. The van der Waals surface area contributed by atoms with Crippen molar-refractivity contribution in [2.24, 2.45) is 0 Å². The summed E-state index contributed by atoms with van der Waals surface area (Å²) in [5, 5.41) is 3.31. The number of sulfonamides is 1. The molecule has 0 spiro atoms. The lowest BCUT2D eigenvalue weighted by Gasteiger charge is -2.24. The fraction of sp³-hybridized carbons (Fsp3) is 0.100. The molecule has 0 aliphatic rings. The molecule has 1 heterocycles. The molecule has 2 aromatic carbocycles. The zero-order chi connectivity index (χ0) is 21.9. The standard InChI is InChI=1S/C20H17Cl2N3O3S2/c1-3-10-25(17-7-5-4-6-15(17)21)30(27,28)18-11-14(8-9-16(18)22)19(26)24-20-23-12-13(2)29-20/h3-9,11-12H,1,10H2,2H3,(H,23,24,26). The SMILES string of the molecule is C=CCN(c1ccccc1Cl)S(=O)(=O)c1cc(C(=O)Nc2ncc(C)s2)ccc1Cl. The van der Waals surface area contributed by atoms with E-state index in [-0.39, 0.29) is 32.7 Å². The van der Waals surface area contributed by atoms with Gasteiger partial charge in [0.2, 0.25) is 0 Å². The van der Waals surface area contributed by atoms with Crippen molar-refractivity contribution >= 4 is 61.3 Å². The number of carbonyl (C=O) groups is 1. The van der Waals surface area contributed by atoms with Crippen LogP contribution in [0.5, 0.6) is 0 Å². The Kier molecular flexibility index (Phi) is 6.82. The number of para-hydroxylation sites is 1. The molecule has 1 amide bonds. The number of aryl methyl sites for hydroxylation is 1. The Labute approximate surface area is 188 Å². The maximum Gasteiger partial charge on any atom is 0.266 e. The molecule has 0 bridgehead atoms. The molecule has 6 nitrogen and oxygen atoms in total. The van der Waals surface area contributed by atoms with Crippen molar-refractivity contribution in [2.45, 2.75) is 11.8 Å². The van der Waals surface area contributed by atoms with Crippen molar-refractivity contribution < 1.29 is 13.2 Å². The number of anilines is 2. The van der Waals surface area contributed by atoms with Crippen LogP contribution in [0, 0.1) is 6.92 Å². The quantitative estimate of drug-likeness (QED) is 0.458. The van der Waals surface area contributed by atoms with E-state index in [1.165, 1.54) is 35.6 Å². The van der Waals surface area contributed by atoms with Gasteiger partial charge in [0.05, 0.1) is 22.3 Å². The van der Waals surface area contributed by atoms with E-state index in [1.807, 2.05) is 6.92 Å². The van der Waals surface area contributed by atoms with Crippen LogP contribution >= 0.6 is 34.5 Å². The number of thiazole rings is 1. The topological polar surface area (TPSA) is 79.4 Å². The molecular formula is C20H17Cl2N3O3S2. The predicted molar refractivity (Wildman–Crippen MR) is 122 cm³/mol. The highest BCUT2D eigenvalue weighted by Crippen LogP contribution is 2.33. The van der Waals surface area contributed by atoms with Gasteiger partial charge in [-0.05, 0) is 37.3 Å². The van der Waals surface area contributed by atoms with Gasteiger partial charge in [0.1, 0.15) is 4.90 Å². The molecule has 1 aromatic heterocycles. The summed E-state index contributed by atoms with van der Waals surface area (Å²) in [6.07, 6.45) is 3.07. The molecule has 0 saturated carbocycles. The average Bonchev–Trinajstić information content (AvgIpc) is 3.11. The van der Waals surface area contributed by atoms with Crippen LogP contribution in [-0.4, -0.2) is 25.9 Å². The molecule has 0 radical (unpaired) electrons. The van der Waals surface area contributed by atoms with E-state index in [4.69, 9.17) is 23.2 Å². The maximum atomic E-state index is 13.4. The fourth-order valence-electron chi connectivity index (χ4n) is 2.64. The second kappa shape index (κ2) is 9.18. The molecule has 1 N–H and O–H groups in total. The number of nitrogens with zero attached hydrogens (tertiary/aromatic N) is 2. The fourth-order valence-corrected chi connectivity index (χ4v) is 5.55. The van der Waals surface area contributed by atoms with Crippen LogP contribution in [0.4, 0.5) is 10.8 Å². The van der Waals surface area contributed by atoms with Crippen LogP contribution in [0.3, 0.4) is 0 Å². The van der Waals surface area contributed by atoms with Gasteiger partial charge in [0.25, 0.3) is 15.9 Å². The second-order valence-electron chi connectivity index (χ2n) is 6.15. The molecule has 3 aromatic rings. The predicted octanol–water partition coefficient (Wildman–Crippen LogP) is 5.39. The first-order valence-electron chi connectivity index (χ1n) is 8.65. The lowest BCUT2D eigenvalue weighted by Crippen LogP contribution is -2.32. The smallest absolute Gasteiger partial charge is 0.266 e. The van der Waals surface area contributed by atoms with Crippen LogP contribution < -0.4 is 9.62 Å². The first kappa shape index (κ1) is 22.3. The molecule has 0 saturated heterocycles. The van der Waals surface area contributed by atoms with Crippen LogP contribution in [0.1, 0.15) is 15.2 Å². The van der Waals surface area contributed by atoms with Crippen LogP contribution in [0.15, 0.2) is 66.2 Å². The third-order valence-electron chi connectivity index (χ3n) is 4.02. The van der Waals surface area contributed by atoms with Crippen molar-refractivity contribution in [1.29, 1.82) is 0 Å². The van der Waals surface area contributed by atoms with Gasteiger partial charge in [-0.3, -0.25) is 14.4 Å². The molecule has 3 rings (SSSR count).